The Morgan fingerprint density at radius 2 is 1.90 bits per heavy atom. The molecule has 0 heterocycles. The van der Waals surface area contributed by atoms with E-state index in [0.717, 1.165) is 6.29 Å². The molecule has 0 aromatic carbocycles. The predicted molar refractivity (Wildman–Crippen MR) is 40.8 cm³/mol. The third kappa shape index (κ3) is 1.57. The highest BCUT2D eigenvalue weighted by atomic mass is 16.3. The molecule has 10 heavy (non-hydrogen) atoms. The zero-order chi connectivity index (χ0) is 8.20. The molecule has 0 saturated heterocycles. The molecule has 0 amide bonds. The van der Waals surface area contributed by atoms with E-state index in [1.807, 2.05) is 13.8 Å². The van der Waals surface area contributed by atoms with E-state index in [2.05, 4.69) is 0 Å². The Balaban J connectivity index is 4.30. The Hall–Kier alpha value is -0.370. The summed E-state index contributed by atoms with van der Waals surface area (Å²) in [5.41, 5.74) is -0.500. The normalized spacial score (nSPS) is 14.8. The van der Waals surface area contributed by atoms with Gasteiger partial charge in [-0.15, -0.1) is 0 Å². The molecule has 0 saturated carbocycles. The summed E-state index contributed by atoms with van der Waals surface area (Å²) in [6.07, 6.45) is 1.77. The lowest BCUT2D eigenvalue weighted by Crippen LogP contribution is -2.33. The first-order chi connectivity index (χ1) is 4.63. The van der Waals surface area contributed by atoms with Crippen LogP contribution in [0.1, 0.15) is 33.6 Å². The van der Waals surface area contributed by atoms with E-state index in [4.69, 9.17) is 0 Å². The molecule has 0 bridgehead atoms. The van der Waals surface area contributed by atoms with Crippen molar-refractivity contribution in [2.45, 2.75) is 39.7 Å². The largest absolute Gasteiger partial charge is 0.392 e. The lowest BCUT2D eigenvalue weighted by atomic mass is 9.79. The van der Waals surface area contributed by atoms with Crippen molar-refractivity contribution >= 4 is 6.29 Å². The predicted octanol–water partition coefficient (Wildman–Crippen LogP) is 1.37. The summed E-state index contributed by atoms with van der Waals surface area (Å²) in [7, 11) is 0. The zero-order valence-electron chi connectivity index (χ0n) is 6.92. The fourth-order valence-electron chi connectivity index (χ4n) is 1.11. The van der Waals surface area contributed by atoms with E-state index < -0.39 is 11.5 Å². The second-order valence-corrected chi connectivity index (χ2v) is 2.73. The van der Waals surface area contributed by atoms with Gasteiger partial charge in [-0.2, -0.15) is 0 Å². The molecule has 0 aromatic heterocycles. The number of hydrogen-bond donors (Lipinski definition) is 1. The molecule has 1 unspecified atom stereocenters. The lowest BCUT2D eigenvalue weighted by molar-refractivity contribution is -0.122. The first-order valence-corrected chi connectivity index (χ1v) is 3.77. The minimum Gasteiger partial charge on any atom is -0.392 e. The van der Waals surface area contributed by atoms with E-state index in [1.54, 1.807) is 6.92 Å². The lowest BCUT2D eigenvalue weighted by Gasteiger charge is -2.27. The highest BCUT2D eigenvalue weighted by Crippen LogP contribution is 2.27. The summed E-state index contributed by atoms with van der Waals surface area (Å²) in [6.45, 7) is 5.51. The number of carbonyl (C=O) groups excluding carboxylic acids is 1. The average molecular weight is 144 g/mol. The Morgan fingerprint density at radius 3 is 1.90 bits per heavy atom. The van der Waals surface area contributed by atoms with Gasteiger partial charge in [0, 0.05) is 0 Å². The van der Waals surface area contributed by atoms with Crippen molar-refractivity contribution in [1.82, 2.24) is 0 Å². The van der Waals surface area contributed by atoms with Crippen LogP contribution in [-0.2, 0) is 4.79 Å². The molecule has 2 nitrogen and oxygen atoms in total. The van der Waals surface area contributed by atoms with Gasteiger partial charge in [0.1, 0.15) is 6.29 Å². The summed E-state index contributed by atoms with van der Waals surface area (Å²) in [6, 6.07) is 0. The number of carbonyl (C=O) groups is 1. The Morgan fingerprint density at radius 1 is 1.50 bits per heavy atom. The maximum absolute atomic E-state index is 10.6. The first-order valence-electron chi connectivity index (χ1n) is 3.77. The van der Waals surface area contributed by atoms with Crippen molar-refractivity contribution in [3.05, 3.63) is 0 Å². The second kappa shape index (κ2) is 3.71. The van der Waals surface area contributed by atoms with Gasteiger partial charge in [0.15, 0.2) is 0 Å². The average Bonchev–Trinajstić information content (AvgIpc) is 1.92. The SMILES string of the molecule is CCC(C=O)(CC)C(C)O. The van der Waals surface area contributed by atoms with Crippen LogP contribution in [0.3, 0.4) is 0 Å². The molecule has 0 rings (SSSR count). The summed E-state index contributed by atoms with van der Waals surface area (Å²) >= 11 is 0. The molecule has 1 N–H and O–H groups in total. The van der Waals surface area contributed by atoms with Gasteiger partial charge in [-0.1, -0.05) is 13.8 Å². The molecule has 0 fully saturated rings. The van der Waals surface area contributed by atoms with E-state index in [9.17, 15) is 9.90 Å². The van der Waals surface area contributed by atoms with Crippen LogP contribution in [0, 0.1) is 5.41 Å². The van der Waals surface area contributed by atoms with Crippen molar-refractivity contribution in [3.63, 3.8) is 0 Å². The number of rotatable bonds is 4. The van der Waals surface area contributed by atoms with Crippen molar-refractivity contribution in [3.8, 4) is 0 Å². The maximum Gasteiger partial charge on any atom is 0.128 e. The van der Waals surface area contributed by atoms with Crippen LogP contribution in [0.15, 0.2) is 0 Å². The van der Waals surface area contributed by atoms with Crippen molar-refractivity contribution < 1.29 is 9.90 Å². The van der Waals surface area contributed by atoms with Crippen LogP contribution in [-0.4, -0.2) is 17.5 Å². The van der Waals surface area contributed by atoms with Gasteiger partial charge in [-0.25, -0.2) is 0 Å². The summed E-state index contributed by atoms with van der Waals surface area (Å²) in [5, 5.41) is 9.23. The second-order valence-electron chi connectivity index (χ2n) is 2.73. The standard InChI is InChI=1S/C8H16O2/c1-4-8(5-2,6-9)7(3)10/h6-7,10H,4-5H2,1-3H3. The van der Waals surface area contributed by atoms with E-state index in [0.29, 0.717) is 12.8 Å². The smallest absolute Gasteiger partial charge is 0.128 e. The minimum atomic E-state index is -0.528. The third-order valence-corrected chi connectivity index (χ3v) is 2.38. The topological polar surface area (TPSA) is 37.3 Å². The van der Waals surface area contributed by atoms with Gasteiger partial charge < -0.3 is 9.90 Å². The van der Waals surface area contributed by atoms with Crippen LogP contribution in [0.25, 0.3) is 0 Å². The van der Waals surface area contributed by atoms with Crippen LogP contribution in [0.4, 0.5) is 0 Å². The van der Waals surface area contributed by atoms with Gasteiger partial charge in [0.2, 0.25) is 0 Å². The summed E-state index contributed by atoms with van der Waals surface area (Å²) in [4.78, 5) is 10.6. The molecule has 0 aliphatic rings. The van der Waals surface area contributed by atoms with Crippen LogP contribution >= 0.6 is 0 Å². The number of aliphatic hydroxyl groups excluding tert-OH is 1. The highest BCUT2D eigenvalue weighted by Gasteiger charge is 2.30. The molecule has 0 aliphatic carbocycles. The fourth-order valence-corrected chi connectivity index (χ4v) is 1.11. The van der Waals surface area contributed by atoms with E-state index in [1.165, 1.54) is 0 Å². The van der Waals surface area contributed by atoms with Gasteiger partial charge in [0.25, 0.3) is 0 Å². The molecule has 0 radical (unpaired) electrons. The Bertz CT molecular complexity index is 104. The molecular formula is C8H16O2. The van der Waals surface area contributed by atoms with Gasteiger partial charge in [-0.3, -0.25) is 0 Å². The van der Waals surface area contributed by atoms with Gasteiger partial charge in [-0.05, 0) is 19.8 Å². The highest BCUT2D eigenvalue weighted by molar-refractivity contribution is 5.60. The number of hydrogen-bond acceptors (Lipinski definition) is 2. The van der Waals surface area contributed by atoms with Crippen molar-refractivity contribution in [2.75, 3.05) is 0 Å². The van der Waals surface area contributed by atoms with Crippen LogP contribution in [0.2, 0.25) is 0 Å². The van der Waals surface area contributed by atoms with Gasteiger partial charge >= 0.3 is 0 Å². The third-order valence-electron chi connectivity index (χ3n) is 2.38. The minimum absolute atomic E-state index is 0.500. The van der Waals surface area contributed by atoms with Gasteiger partial charge in [0.05, 0.1) is 11.5 Å². The fraction of sp³-hybridized carbons (Fsp3) is 0.875. The molecule has 2 heteroatoms. The molecular weight excluding hydrogens is 128 g/mol. The zero-order valence-corrected chi connectivity index (χ0v) is 6.92. The first kappa shape index (κ1) is 9.63. The van der Waals surface area contributed by atoms with Crippen LogP contribution in [0.5, 0.6) is 0 Å². The molecule has 1 atom stereocenters. The molecule has 0 aromatic rings. The van der Waals surface area contributed by atoms with Crippen molar-refractivity contribution in [1.29, 1.82) is 0 Å². The quantitative estimate of drug-likeness (QED) is 0.605. The molecule has 0 spiro atoms. The monoisotopic (exact) mass is 144 g/mol. The maximum atomic E-state index is 10.6. The number of aliphatic hydroxyl groups is 1. The summed E-state index contributed by atoms with van der Waals surface area (Å²) < 4.78 is 0. The van der Waals surface area contributed by atoms with Crippen molar-refractivity contribution in [2.24, 2.45) is 5.41 Å². The molecule has 0 aliphatic heterocycles. The van der Waals surface area contributed by atoms with Crippen LogP contribution < -0.4 is 0 Å². The number of aldehydes is 1. The summed E-state index contributed by atoms with van der Waals surface area (Å²) in [5.74, 6) is 0. The molecule has 60 valence electrons. The van der Waals surface area contributed by atoms with E-state index in [-0.39, 0.29) is 0 Å². The Labute approximate surface area is 62.2 Å². The Kier molecular flexibility index (Phi) is 3.58. The van der Waals surface area contributed by atoms with E-state index >= 15 is 0 Å².